The SMILES string of the molecule is O=C(C[C@H](NS(=O)(=O)c1ccc(Cl)c(C(F)(F)F)c1)C(F)(F)F)N[C@@H]1CCCc2cc(CN3CCCCC3)ccc21. The summed E-state index contributed by atoms with van der Waals surface area (Å²) in [5.41, 5.74) is 1.42. The molecule has 41 heavy (non-hydrogen) atoms. The molecule has 1 aliphatic carbocycles. The van der Waals surface area contributed by atoms with Gasteiger partial charge in [0.1, 0.15) is 6.04 Å². The normalized spacial score (nSPS) is 19.4. The van der Waals surface area contributed by atoms with Gasteiger partial charge in [0.25, 0.3) is 0 Å². The molecular formula is C27H30ClF6N3O3S. The van der Waals surface area contributed by atoms with Gasteiger partial charge in [-0.05, 0) is 80.1 Å². The molecule has 6 nitrogen and oxygen atoms in total. The lowest BCUT2D eigenvalue weighted by Gasteiger charge is -2.30. The molecule has 0 aromatic heterocycles. The van der Waals surface area contributed by atoms with Crippen LogP contribution in [0.2, 0.25) is 5.02 Å². The summed E-state index contributed by atoms with van der Waals surface area (Å²) < 4.78 is 108. The topological polar surface area (TPSA) is 78.5 Å². The van der Waals surface area contributed by atoms with Crippen LogP contribution in [0.4, 0.5) is 26.3 Å². The first kappa shape index (κ1) is 31.6. The van der Waals surface area contributed by atoms with E-state index >= 15 is 0 Å². The van der Waals surface area contributed by atoms with Crippen molar-refractivity contribution in [2.75, 3.05) is 13.1 Å². The number of carbonyl (C=O) groups is 1. The molecule has 2 aliphatic rings. The first-order valence-corrected chi connectivity index (χ1v) is 15.1. The van der Waals surface area contributed by atoms with Crippen molar-refractivity contribution >= 4 is 27.5 Å². The van der Waals surface area contributed by atoms with Gasteiger partial charge in [0, 0.05) is 6.54 Å². The predicted octanol–water partition coefficient (Wildman–Crippen LogP) is 6.14. The molecule has 14 heteroatoms. The second-order valence-corrected chi connectivity index (χ2v) is 12.6. The Balaban J connectivity index is 1.45. The lowest BCUT2D eigenvalue weighted by molar-refractivity contribution is -0.158. The smallest absolute Gasteiger partial charge is 0.349 e. The van der Waals surface area contributed by atoms with E-state index in [4.69, 9.17) is 11.6 Å². The summed E-state index contributed by atoms with van der Waals surface area (Å²) in [6, 6.07) is 3.91. The number of rotatable bonds is 8. The number of nitrogens with zero attached hydrogens (tertiary/aromatic N) is 1. The number of hydrogen-bond acceptors (Lipinski definition) is 4. The quantitative estimate of drug-likeness (QED) is 0.346. The number of piperidine rings is 1. The summed E-state index contributed by atoms with van der Waals surface area (Å²) in [4.78, 5) is 14.1. The molecule has 0 unspecified atom stereocenters. The minimum absolute atomic E-state index is 0.149. The van der Waals surface area contributed by atoms with Crippen LogP contribution < -0.4 is 10.0 Å². The monoisotopic (exact) mass is 625 g/mol. The first-order valence-electron chi connectivity index (χ1n) is 13.2. The molecule has 1 aliphatic heterocycles. The number of carbonyl (C=O) groups excluding carboxylic acids is 1. The number of benzene rings is 2. The zero-order valence-corrected chi connectivity index (χ0v) is 23.5. The van der Waals surface area contributed by atoms with Crippen molar-refractivity contribution in [2.24, 2.45) is 0 Å². The van der Waals surface area contributed by atoms with E-state index in [0.29, 0.717) is 25.0 Å². The van der Waals surface area contributed by atoms with Gasteiger partial charge < -0.3 is 5.32 Å². The van der Waals surface area contributed by atoms with Crippen molar-refractivity contribution in [1.82, 2.24) is 14.9 Å². The number of nitrogens with one attached hydrogen (secondary N) is 2. The second kappa shape index (κ2) is 12.5. The molecule has 226 valence electrons. The van der Waals surface area contributed by atoms with Gasteiger partial charge in [0.05, 0.1) is 27.9 Å². The molecule has 2 aromatic rings. The third-order valence-electron chi connectivity index (χ3n) is 7.35. The minimum Gasteiger partial charge on any atom is -0.349 e. The number of aryl methyl sites for hydroxylation is 1. The van der Waals surface area contributed by atoms with Crippen LogP contribution in [-0.4, -0.2) is 44.5 Å². The molecule has 1 fully saturated rings. The summed E-state index contributed by atoms with van der Waals surface area (Å²) in [5, 5.41) is 1.78. The fraction of sp³-hybridized carbons (Fsp3) is 0.519. The van der Waals surface area contributed by atoms with Crippen LogP contribution in [0.25, 0.3) is 0 Å². The van der Waals surface area contributed by atoms with E-state index in [1.807, 2.05) is 12.1 Å². The van der Waals surface area contributed by atoms with Crippen molar-refractivity contribution in [3.8, 4) is 0 Å². The van der Waals surface area contributed by atoms with Crippen molar-refractivity contribution in [3.05, 3.63) is 63.7 Å². The fourth-order valence-electron chi connectivity index (χ4n) is 5.30. The summed E-state index contributed by atoms with van der Waals surface area (Å²) in [7, 11) is -5.10. The third-order valence-corrected chi connectivity index (χ3v) is 9.15. The summed E-state index contributed by atoms with van der Waals surface area (Å²) in [6.45, 7) is 2.86. The molecule has 2 atom stereocenters. The lowest BCUT2D eigenvalue weighted by Crippen LogP contribution is -2.48. The summed E-state index contributed by atoms with van der Waals surface area (Å²) in [5.74, 6) is -1.04. The summed E-state index contributed by atoms with van der Waals surface area (Å²) >= 11 is 5.49. The maximum Gasteiger partial charge on any atom is 0.417 e. The van der Waals surface area contributed by atoms with Crippen molar-refractivity contribution in [2.45, 2.75) is 80.8 Å². The van der Waals surface area contributed by atoms with Gasteiger partial charge in [-0.15, -0.1) is 0 Å². The van der Waals surface area contributed by atoms with Gasteiger partial charge in [0.15, 0.2) is 0 Å². The third kappa shape index (κ3) is 8.14. The van der Waals surface area contributed by atoms with Gasteiger partial charge in [-0.25, -0.2) is 8.42 Å². The Morgan fingerprint density at radius 3 is 2.37 bits per heavy atom. The number of fused-ring (bicyclic) bond motifs is 1. The molecule has 1 heterocycles. The van der Waals surface area contributed by atoms with Crippen LogP contribution in [-0.2, 0) is 34.0 Å². The highest BCUT2D eigenvalue weighted by atomic mass is 35.5. The van der Waals surface area contributed by atoms with Crippen molar-refractivity contribution < 1.29 is 39.6 Å². The largest absolute Gasteiger partial charge is 0.417 e. The summed E-state index contributed by atoms with van der Waals surface area (Å²) in [6.07, 6.45) is -6.02. The maximum absolute atomic E-state index is 13.8. The molecule has 0 bridgehead atoms. The number of hydrogen-bond donors (Lipinski definition) is 2. The Hall–Kier alpha value is -2.35. The molecule has 0 saturated carbocycles. The highest BCUT2D eigenvalue weighted by molar-refractivity contribution is 7.89. The zero-order valence-electron chi connectivity index (χ0n) is 21.9. The number of amides is 1. The first-order chi connectivity index (χ1) is 19.1. The van der Waals surface area contributed by atoms with Gasteiger partial charge in [0.2, 0.25) is 15.9 Å². The highest BCUT2D eigenvalue weighted by Crippen LogP contribution is 2.36. The Labute approximate surface area is 239 Å². The predicted molar refractivity (Wildman–Crippen MR) is 141 cm³/mol. The van der Waals surface area contributed by atoms with Crippen LogP contribution >= 0.6 is 11.6 Å². The molecule has 0 radical (unpaired) electrons. The van der Waals surface area contributed by atoms with Gasteiger partial charge in [-0.1, -0.05) is 36.2 Å². The van der Waals surface area contributed by atoms with E-state index in [0.717, 1.165) is 55.6 Å². The van der Waals surface area contributed by atoms with Gasteiger partial charge in [-0.3, -0.25) is 9.69 Å². The fourth-order valence-corrected chi connectivity index (χ4v) is 6.77. The van der Waals surface area contributed by atoms with Crippen LogP contribution in [0.15, 0.2) is 41.3 Å². The van der Waals surface area contributed by atoms with E-state index in [9.17, 15) is 39.6 Å². The Morgan fingerprint density at radius 2 is 1.71 bits per heavy atom. The van der Waals surface area contributed by atoms with Crippen LogP contribution in [0.3, 0.4) is 0 Å². The molecule has 2 aromatic carbocycles. The van der Waals surface area contributed by atoms with E-state index in [1.165, 1.54) is 11.1 Å². The van der Waals surface area contributed by atoms with E-state index in [2.05, 4.69) is 16.3 Å². The Kier molecular flexibility index (Phi) is 9.62. The average Bonchev–Trinajstić information content (AvgIpc) is 2.88. The zero-order chi connectivity index (χ0) is 30.0. The Morgan fingerprint density at radius 1 is 1.00 bits per heavy atom. The highest BCUT2D eigenvalue weighted by Gasteiger charge is 2.44. The lowest BCUT2D eigenvalue weighted by atomic mass is 9.86. The minimum atomic E-state index is -5.20. The molecular weight excluding hydrogens is 596 g/mol. The molecule has 0 spiro atoms. The molecule has 1 saturated heterocycles. The molecule has 4 rings (SSSR count). The molecule has 2 N–H and O–H groups in total. The number of halogens is 7. The second-order valence-electron chi connectivity index (χ2n) is 10.4. The Bertz CT molecular complexity index is 1360. The van der Waals surface area contributed by atoms with Gasteiger partial charge >= 0.3 is 12.4 Å². The van der Waals surface area contributed by atoms with Crippen LogP contribution in [0.1, 0.15) is 66.8 Å². The standard InChI is InChI=1S/C27H30ClF6N3O3S/c28-22-10-8-19(14-21(22)26(29,30)31)41(39,40)36-24(27(32,33)34)15-25(38)35-23-6-4-5-18-13-17(7-9-20(18)23)16-37-11-2-1-3-12-37/h7-10,13-14,23-24,36H,1-6,11-12,15-16H2,(H,35,38)/t23-,24+/m1/s1. The van der Waals surface area contributed by atoms with Gasteiger partial charge in [-0.2, -0.15) is 31.1 Å². The number of likely N-dealkylation sites (tertiary alicyclic amines) is 1. The van der Waals surface area contributed by atoms with E-state index in [-0.39, 0.29) is 6.07 Å². The average molecular weight is 626 g/mol. The van der Waals surface area contributed by atoms with Crippen LogP contribution in [0.5, 0.6) is 0 Å². The van der Waals surface area contributed by atoms with Crippen molar-refractivity contribution in [1.29, 1.82) is 0 Å². The van der Waals surface area contributed by atoms with E-state index < -0.39 is 62.3 Å². The maximum atomic E-state index is 13.8. The number of sulfonamides is 1. The number of alkyl halides is 6. The molecule has 1 amide bonds. The van der Waals surface area contributed by atoms with Crippen LogP contribution in [0, 0.1) is 0 Å². The van der Waals surface area contributed by atoms with E-state index in [1.54, 1.807) is 0 Å². The van der Waals surface area contributed by atoms with Crippen molar-refractivity contribution in [3.63, 3.8) is 0 Å².